The molecule has 5 N–H and O–H groups in total. The molecule has 1 amide bonds. The van der Waals surface area contributed by atoms with Crippen LogP contribution >= 0.6 is 11.3 Å². The summed E-state index contributed by atoms with van der Waals surface area (Å²) in [6.45, 7) is 3.46. The van der Waals surface area contributed by atoms with Gasteiger partial charge in [-0.1, -0.05) is 42.5 Å². The Morgan fingerprint density at radius 2 is 2.06 bits per heavy atom. The minimum absolute atomic E-state index is 0.0509. The van der Waals surface area contributed by atoms with Gasteiger partial charge in [-0.3, -0.25) is 20.4 Å². The van der Waals surface area contributed by atoms with Gasteiger partial charge in [0.15, 0.2) is 0 Å². The van der Waals surface area contributed by atoms with E-state index in [0.29, 0.717) is 12.1 Å². The van der Waals surface area contributed by atoms with Crippen molar-refractivity contribution in [2.75, 3.05) is 6.54 Å². The van der Waals surface area contributed by atoms with Crippen molar-refractivity contribution in [1.82, 2.24) is 16.0 Å². The Bertz CT molecular complexity index is 1260. The fourth-order valence-electron chi connectivity index (χ4n) is 4.36. The second-order valence-corrected chi connectivity index (χ2v) is 9.17. The van der Waals surface area contributed by atoms with Crippen LogP contribution in [0.3, 0.4) is 0 Å². The summed E-state index contributed by atoms with van der Waals surface area (Å²) < 4.78 is 0.935. The SMILES string of the molecule is Cc1sc2c(C(N)=O)cccc2c1C1NC2=C(CN=CC=C2)C(NCc2ccccc2)N1. The van der Waals surface area contributed by atoms with Crippen LogP contribution in [0.1, 0.15) is 32.5 Å². The zero-order valence-electron chi connectivity index (χ0n) is 17.8. The van der Waals surface area contributed by atoms with Crippen LogP contribution in [0.25, 0.3) is 10.1 Å². The third-order valence-corrected chi connectivity index (χ3v) is 7.06. The van der Waals surface area contributed by atoms with E-state index in [-0.39, 0.29) is 12.3 Å². The van der Waals surface area contributed by atoms with E-state index in [1.54, 1.807) is 17.4 Å². The van der Waals surface area contributed by atoms with Crippen molar-refractivity contribution < 1.29 is 4.79 Å². The Balaban J connectivity index is 1.52. The van der Waals surface area contributed by atoms with Gasteiger partial charge in [-0.25, -0.2) is 0 Å². The summed E-state index contributed by atoms with van der Waals surface area (Å²) >= 11 is 1.61. The molecule has 0 aliphatic carbocycles. The largest absolute Gasteiger partial charge is 0.366 e. The van der Waals surface area contributed by atoms with Gasteiger partial charge < -0.3 is 11.1 Å². The van der Waals surface area contributed by atoms with Crippen molar-refractivity contribution in [3.8, 4) is 0 Å². The van der Waals surface area contributed by atoms with Crippen LogP contribution in [0, 0.1) is 6.92 Å². The van der Waals surface area contributed by atoms with Crippen LogP contribution < -0.4 is 21.7 Å². The van der Waals surface area contributed by atoms with E-state index in [2.05, 4.69) is 64.3 Å². The summed E-state index contributed by atoms with van der Waals surface area (Å²) in [6.07, 6.45) is 5.71. The Morgan fingerprint density at radius 3 is 2.88 bits per heavy atom. The molecular formula is C25H25N5OS. The van der Waals surface area contributed by atoms with E-state index in [1.807, 2.05) is 24.4 Å². The fourth-order valence-corrected chi connectivity index (χ4v) is 5.57. The summed E-state index contributed by atoms with van der Waals surface area (Å²) in [6, 6.07) is 16.1. The van der Waals surface area contributed by atoms with E-state index >= 15 is 0 Å². The Hall–Kier alpha value is -3.26. The predicted molar refractivity (Wildman–Crippen MR) is 131 cm³/mol. The number of hydrogen-bond acceptors (Lipinski definition) is 6. The molecule has 162 valence electrons. The third kappa shape index (κ3) is 3.86. The molecule has 0 fully saturated rings. The smallest absolute Gasteiger partial charge is 0.250 e. The van der Waals surface area contributed by atoms with Crippen LogP contribution in [-0.2, 0) is 6.54 Å². The van der Waals surface area contributed by atoms with E-state index in [4.69, 9.17) is 5.73 Å². The summed E-state index contributed by atoms with van der Waals surface area (Å²) in [7, 11) is 0. The summed E-state index contributed by atoms with van der Waals surface area (Å²) in [4.78, 5) is 17.6. The van der Waals surface area contributed by atoms with Gasteiger partial charge >= 0.3 is 0 Å². The minimum Gasteiger partial charge on any atom is -0.366 e. The maximum Gasteiger partial charge on any atom is 0.250 e. The van der Waals surface area contributed by atoms with Crippen LogP contribution in [-0.4, -0.2) is 24.8 Å². The maximum atomic E-state index is 12.0. The molecule has 0 saturated carbocycles. The number of aliphatic imine (C=N–C) groups is 1. The van der Waals surface area contributed by atoms with Gasteiger partial charge in [0.2, 0.25) is 5.91 Å². The molecule has 0 bridgehead atoms. The molecule has 2 unspecified atom stereocenters. The summed E-state index contributed by atoms with van der Waals surface area (Å²) in [5.74, 6) is -0.399. The Labute approximate surface area is 190 Å². The van der Waals surface area contributed by atoms with E-state index in [1.165, 1.54) is 11.1 Å². The van der Waals surface area contributed by atoms with Gasteiger partial charge in [-0.15, -0.1) is 11.3 Å². The monoisotopic (exact) mass is 443 g/mol. The quantitative estimate of drug-likeness (QED) is 0.486. The molecule has 2 aliphatic heterocycles. The van der Waals surface area contributed by atoms with Crippen LogP contribution in [0.5, 0.6) is 0 Å². The first-order chi connectivity index (χ1) is 15.6. The highest BCUT2D eigenvalue weighted by molar-refractivity contribution is 7.19. The van der Waals surface area contributed by atoms with E-state index < -0.39 is 5.91 Å². The number of carbonyl (C=O) groups is 1. The number of benzene rings is 2. The Morgan fingerprint density at radius 1 is 1.22 bits per heavy atom. The third-order valence-electron chi connectivity index (χ3n) is 5.89. The fraction of sp³-hybridized carbons (Fsp3) is 0.200. The summed E-state index contributed by atoms with van der Waals surface area (Å²) in [5.41, 5.74) is 10.8. The lowest BCUT2D eigenvalue weighted by atomic mass is 10.0. The molecule has 2 aromatic carbocycles. The van der Waals surface area contributed by atoms with Crippen LogP contribution in [0.15, 0.2) is 76.9 Å². The number of amides is 1. The maximum absolute atomic E-state index is 12.0. The highest BCUT2D eigenvalue weighted by Crippen LogP contribution is 2.38. The van der Waals surface area contributed by atoms with Gasteiger partial charge in [0.25, 0.3) is 0 Å². The van der Waals surface area contributed by atoms with Crippen molar-refractivity contribution in [1.29, 1.82) is 0 Å². The van der Waals surface area contributed by atoms with Crippen molar-refractivity contribution >= 4 is 33.5 Å². The zero-order valence-corrected chi connectivity index (χ0v) is 18.6. The number of thiophene rings is 1. The number of aryl methyl sites for hydroxylation is 1. The Kier molecular flexibility index (Phi) is 5.61. The van der Waals surface area contributed by atoms with Crippen LogP contribution in [0.2, 0.25) is 0 Å². The lowest BCUT2D eigenvalue weighted by Gasteiger charge is -2.36. The van der Waals surface area contributed by atoms with E-state index in [9.17, 15) is 4.79 Å². The molecule has 0 radical (unpaired) electrons. The van der Waals surface area contributed by atoms with Crippen molar-refractivity contribution in [2.24, 2.45) is 10.7 Å². The topological polar surface area (TPSA) is 91.5 Å². The number of rotatable bonds is 5. The van der Waals surface area contributed by atoms with E-state index in [0.717, 1.165) is 32.8 Å². The van der Waals surface area contributed by atoms with Gasteiger partial charge in [-0.05, 0) is 30.7 Å². The molecular weight excluding hydrogens is 418 g/mol. The first-order valence-electron chi connectivity index (χ1n) is 10.6. The first-order valence-corrected chi connectivity index (χ1v) is 11.4. The molecule has 3 aromatic rings. The molecule has 0 saturated heterocycles. The van der Waals surface area contributed by atoms with Gasteiger partial charge in [-0.2, -0.15) is 0 Å². The molecule has 2 atom stereocenters. The average molecular weight is 444 g/mol. The molecule has 32 heavy (non-hydrogen) atoms. The number of allylic oxidation sites excluding steroid dienone is 2. The lowest BCUT2D eigenvalue weighted by Crippen LogP contribution is -2.53. The number of nitrogens with two attached hydrogens (primary N) is 1. The standard InChI is InChI=1S/C25H25N5OS/c1-15-21(17-9-5-10-18(23(26)31)22(17)32-15)25-29-20-11-6-12-27-14-19(20)24(30-25)28-13-16-7-3-2-4-8-16/h2-12,24-25,28-30H,13-14H2,1H3,(H2,26,31). The zero-order chi connectivity index (χ0) is 22.1. The van der Waals surface area contributed by atoms with Gasteiger partial charge in [0.1, 0.15) is 6.17 Å². The van der Waals surface area contributed by atoms with Crippen molar-refractivity contribution in [2.45, 2.75) is 25.8 Å². The predicted octanol–water partition coefficient (Wildman–Crippen LogP) is 3.51. The second kappa shape index (κ2) is 8.70. The molecule has 5 rings (SSSR count). The number of primary amides is 1. The van der Waals surface area contributed by atoms with Gasteiger partial charge in [0.05, 0.1) is 18.3 Å². The number of carbonyl (C=O) groups excluding carboxylic acids is 1. The molecule has 3 heterocycles. The number of nitrogens with zero attached hydrogens (tertiary/aromatic N) is 1. The molecule has 7 heteroatoms. The van der Waals surface area contributed by atoms with Gasteiger partial charge in [0, 0.05) is 44.6 Å². The minimum atomic E-state index is -0.399. The van der Waals surface area contributed by atoms with Crippen molar-refractivity contribution in [3.63, 3.8) is 0 Å². The molecule has 2 aliphatic rings. The van der Waals surface area contributed by atoms with Crippen molar-refractivity contribution in [3.05, 3.63) is 93.5 Å². The highest BCUT2D eigenvalue weighted by atomic mass is 32.1. The molecule has 1 aromatic heterocycles. The first kappa shape index (κ1) is 20.6. The highest BCUT2D eigenvalue weighted by Gasteiger charge is 2.31. The number of hydrogen-bond donors (Lipinski definition) is 4. The molecule has 6 nitrogen and oxygen atoms in total. The lowest BCUT2D eigenvalue weighted by molar-refractivity contribution is 0.100. The normalized spacial score (nSPS) is 20.2. The number of fused-ring (bicyclic) bond motifs is 1. The number of nitrogens with one attached hydrogen (secondary N) is 3. The molecule has 0 spiro atoms. The average Bonchev–Trinajstić information content (AvgIpc) is 2.96. The second-order valence-electron chi connectivity index (χ2n) is 7.95. The van der Waals surface area contributed by atoms with Crippen LogP contribution in [0.4, 0.5) is 0 Å². The summed E-state index contributed by atoms with van der Waals surface area (Å²) in [5, 5.41) is 12.1.